The fourth-order valence-corrected chi connectivity index (χ4v) is 0.607. The molecule has 1 rings (SSSR count). The molecule has 0 amide bonds. The van der Waals surface area contributed by atoms with Crippen LogP contribution in [0.4, 0.5) is 4.39 Å². The van der Waals surface area contributed by atoms with E-state index in [1.807, 2.05) is 0 Å². The second kappa shape index (κ2) is 1.73. The summed E-state index contributed by atoms with van der Waals surface area (Å²) in [5.41, 5.74) is -1.21. The topological polar surface area (TPSA) is 0 Å². The normalized spacial score (nSPS) is 23.8. The number of halogens is 1. The van der Waals surface area contributed by atoms with Crippen molar-refractivity contribution in [3.8, 4) is 0 Å². The van der Waals surface area contributed by atoms with Crippen LogP contribution in [0, 0.1) is 6.42 Å². The Bertz CT molecular complexity index is 117. The highest BCUT2D eigenvalue weighted by Crippen LogP contribution is 2.17. The zero-order chi connectivity index (χ0) is 6.04. The van der Waals surface area contributed by atoms with E-state index in [0.29, 0.717) is 0 Å². The fraction of sp³-hybridized carbons (Fsp3) is 0.286. The summed E-state index contributed by atoms with van der Waals surface area (Å²) in [7, 11) is 0. The first-order valence-corrected chi connectivity index (χ1v) is 2.60. The first-order valence-electron chi connectivity index (χ1n) is 2.60. The highest BCUT2D eigenvalue weighted by atomic mass is 19.1. The van der Waals surface area contributed by atoms with E-state index in [-0.39, 0.29) is 0 Å². The summed E-state index contributed by atoms with van der Waals surface area (Å²) >= 11 is 0. The van der Waals surface area contributed by atoms with Crippen molar-refractivity contribution in [2.24, 2.45) is 0 Å². The predicted octanol–water partition coefficient (Wildman–Crippen LogP) is 2.04. The molecule has 43 valence electrons. The highest BCUT2D eigenvalue weighted by Gasteiger charge is 2.14. The third-order valence-corrected chi connectivity index (χ3v) is 1.07. The molecule has 0 saturated heterocycles. The molecule has 0 spiro atoms. The molecule has 1 heteroatoms. The minimum atomic E-state index is -1.21. The Hall–Kier alpha value is -0.590. The van der Waals surface area contributed by atoms with Crippen LogP contribution in [0.3, 0.4) is 0 Å². The molecule has 0 fully saturated rings. The van der Waals surface area contributed by atoms with Crippen LogP contribution in [-0.2, 0) is 0 Å². The highest BCUT2D eigenvalue weighted by molar-refractivity contribution is 5.25. The Kier molecular flexibility index (Phi) is 1.20. The van der Waals surface area contributed by atoms with Gasteiger partial charge in [0.05, 0.1) is 0 Å². The number of alkyl halides is 1. The van der Waals surface area contributed by atoms with Crippen LogP contribution in [0.5, 0.6) is 0 Å². The number of hydrogen-bond acceptors (Lipinski definition) is 0. The van der Waals surface area contributed by atoms with Crippen molar-refractivity contribution in [2.75, 3.05) is 0 Å². The van der Waals surface area contributed by atoms with Crippen molar-refractivity contribution in [1.29, 1.82) is 0 Å². The molecular formula is C7H8F. The zero-order valence-electron chi connectivity index (χ0n) is 4.76. The molecule has 0 N–H and O–H groups in total. The molecule has 0 atom stereocenters. The van der Waals surface area contributed by atoms with Crippen LogP contribution in [0.15, 0.2) is 24.3 Å². The van der Waals surface area contributed by atoms with Gasteiger partial charge in [0.25, 0.3) is 0 Å². The van der Waals surface area contributed by atoms with Crippen LogP contribution in [0.1, 0.15) is 6.92 Å². The van der Waals surface area contributed by atoms with Gasteiger partial charge in [0.1, 0.15) is 5.67 Å². The standard InChI is InChI=1S/C7H8F/c1-7(8)5-3-2-4-6-7/h2-6H,1H3. The van der Waals surface area contributed by atoms with Crippen molar-refractivity contribution < 1.29 is 4.39 Å². The van der Waals surface area contributed by atoms with Crippen LogP contribution >= 0.6 is 0 Å². The summed E-state index contributed by atoms with van der Waals surface area (Å²) in [5.74, 6) is 0. The molecule has 0 heterocycles. The molecule has 0 aliphatic heterocycles. The lowest BCUT2D eigenvalue weighted by molar-refractivity contribution is 0.326. The van der Waals surface area contributed by atoms with Gasteiger partial charge in [-0.15, -0.1) is 0 Å². The van der Waals surface area contributed by atoms with Gasteiger partial charge in [-0.05, 0) is 19.1 Å². The van der Waals surface area contributed by atoms with Gasteiger partial charge in [-0.1, -0.05) is 12.2 Å². The summed E-state index contributed by atoms with van der Waals surface area (Å²) in [6.45, 7) is 1.52. The second-order valence-electron chi connectivity index (χ2n) is 2.06. The van der Waals surface area contributed by atoms with E-state index in [0.717, 1.165) is 0 Å². The minimum Gasteiger partial charge on any atom is -0.235 e. The first kappa shape index (κ1) is 5.54. The molecule has 1 radical (unpaired) electrons. The summed E-state index contributed by atoms with van der Waals surface area (Å²) in [6.07, 6.45) is 8.27. The van der Waals surface area contributed by atoms with Crippen molar-refractivity contribution in [2.45, 2.75) is 12.6 Å². The van der Waals surface area contributed by atoms with Crippen molar-refractivity contribution >= 4 is 0 Å². The van der Waals surface area contributed by atoms with E-state index in [4.69, 9.17) is 0 Å². The summed E-state index contributed by atoms with van der Waals surface area (Å²) in [4.78, 5) is 0. The Labute approximate surface area is 48.7 Å². The lowest BCUT2D eigenvalue weighted by Gasteiger charge is -2.11. The quantitative estimate of drug-likeness (QED) is 0.448. The maximum absolute atomic E-state index is 12.7. The fourth-order valence-electron chi connectivity index (χ4n) is 0.607. The lowest BCUT2D eigenvalue weighted by atomic mass is 10.0. The molecule has 1 aliphatic carbocycles. The molecule has 0 saturated carbocycles. The predicted molar refractivity (Wildman–Crippen MR) is 32.1 cm³/mol. The first-order chi connectivity index (χ1) is 3.71. The van der Waals surface area contributed by atoms with Gasteiger partial charge in [-0.25, -0.2) is 4.39 Å². The van der Waals surface area contributed by atoms with Crippen LogP contribution in [-0.4, -0.2) is 5.67 Å². The Morgan fingerprint density at radius 3 is 2.00 bits per heavy atom. The van der Waals surface area contributed by atoms with Crippen LogP contribution in [0.2, 0.25) is 0 Å². The average Bonchev–Trinajstić information content (AvgIpc) is 1.65. The van der Waals surface area contributed by atoms with Gasteiger partial charge < -0.3 is 0 Å². The summed E-state index contributed by atoms with van der Waals surface area (Å²) in [6, 6.07) is 0. The maximum atomic E-state index is 12.7. The van der Waals surface area contributed by atoms with E-state index in [9.17, 15) is 4.39 Å². The van der Waals surface area contributed by atoms with Gasteiger partial charge in [0, 0.05) is 6.42 Å². The molecule has 0 aromatic carbocycles. The SMILES string of the molecule is CC1(F)C=C[CH]C=C1. The van der Waals surface area contributed by atoms with Gasteiger partial charge in [-0.2, -0.15) is 0 Å². The molecule has 8 heavy (non-hydrogen) atoms. The number of hydrogen-bond donors (Lipinski definition) is 0. The third-order valence-electron chi connectivity index (χ3n) is 1.07. The van der Waals surface area contributed by atoms with Gasteiger partial charge in [-0.3, -0.25) is 0 Å². The number of rotatable bonds is 0. The van der Waals surface area contributed by atoms with Gasteiger partial charge in [0.2, 0.25) is 0 Å². The van der Waals surface area contributed by atoms with E-state index in [1.165, 1.54) is 19.1 Å². The van der Waals surface area contributed by atoms with E-state index in [2.05, 4.69) is 0 Å². The van der Waals surface area contributed by atoms with Gasteiger partial charge in [0.15, 0.2) is 0 Å². The third kappa shape index (κ3) is 1.19. The molecule has 0 bridgehead atoms. The van der Waals surface area contributed by atoms with E-state index < -0.39 is 5.67 Å². The molecule has 1 aliphatic rings. The number of allylic oxidation sites excluding steroid dienone is 4. The lowest BCUT2D eigenvalue weighted by Crippen LogP contribution is -2.10. The summed E-state index contributed by atoms with van der Waals surface area (Å²) in [5, 5.41) is 0. The average molecular weight is 111 g/mol. The molecule has 0 aromatic rings. The van der Waals surface area contributed by atoms with E-state index >= 15 is 0 Å². The molecule has 0 aromatic heterocycles. The minimum absolute atomic E-state index is 1.21. The Morgan fingerprint density at radius 2 is 1.75 bits per heavy atom. The van der Waals surface area contributed by atoms with Crippen molar-refractivity contribution in [3.05, 3.63) is 30.7 Å². The molecular weight excluding hydrogens is 103 g/mol. The van der Waals surface area contributed by atoms with Crippen LogP contribution in [0.25, 0.3) is 0 Å². The zero-order valence-corrected chi connectivity index (χ0v) is 4.76. The summed E-state index contributed by atoms with van der Waals surface area (Å²) < 4.78 is 12.7. The van der Waals surface area contributed by atoms with Crippen LogP contribution < -0.4 is 0 Å². The van der Waals surface area contributed by atoms with Crippen molar-refractivity contribution in [3.63, 3.8) is 0 Å². The largest absolute Gasteiger partial charge is 0.235 e. The van der Waals surface area contributed by atoms with E-state index in [1.54, 1.807) is 18.6 Å². The van der Waals surface area contributed by atoms with Gasteiger partial charge >= 0.3 is 0 Å². The molecule has 0 nitrogen and oxygen atoms in total. The molecule has 0 unspecified atom stereocenters. The van der Waals surface area contributed by atoms with Crippen molar-refractivity contribution in [1.82, 2.24) is 0 Å². The Balaban J connectivity index is 2.69. The second-order valence-corrected chi connectivity index (χ2v) is 2.06. The Morgan fingerprint density at radius 1 is 1.25 bits per heavy atom. The maximum Gasteiger partial charge on any atom is 0.144 e. The smallest absolute Gasteiger partial charge is 0.144 e. The monoisotopic (exact) mass is 111 g/mol.